The molecule has 0 spiro atoms. The Morgan fingerprint density at radius 1 is 1.40 bits per heavy atom. The summed E-state index contributed by atoms with van der Waals surface area (Å²) in [4.78, 5) is 0. The van der Waals surface area contributed by atoms with Gasteiger partial charge in [0.1, 0.15) is 18.1 Å². The fourth-order valence-corrected chi connectivity index (χ4v) is 2.26. The molecule has 0 aliphatic carbocycles. The number of aryl methyl sites for hydroxylation is 2. The SMILES string of the molecule is CCc1nn(C)c(COc2ccc(OC)cc2N)c1Cl. The Hall–Kier alpha value is -1.88. The standard InChI is InChI=1S/C14H18ClN3O2/c1-4-11-14(15)12(18(2)17-11)8-20-13-6-5-9(19-3)7-10(13)16/h5-7H,4,8,16H2,1-3H3. The Morgan fingerprint density at radius 3 is 2.70 bits per heavy atom. The van der Waals surface area contributed by atoms with Crippen LogP contribution in [0.25, 0.3) is 0 Å². The van der Waals surface area contributed by atoms with Gasteiger partial charge in [-0.25, -0.2) is 0 Å². The average Bonchev–Trinajstić information content (AvgIpc) is 2.72. The number of anilines is 1. The van der Waals surface area contributed by atoms with Crippen molar-refractivity contribution in [2.45, 2.75) is 20.0 Å². The van der Waals surface area contributed by atoms with Crippen LogP contribution in [0.15, 0.2) is 18.2 Å². The molecule has 1 aromatic carbocycles. The van der Waals surface area contributed by atoms with Crippen LogP contribution in [0.5, 0.6) is 11.5 Å². The lowest BCUT2D eigenvalue weighted by Crippen LogP contribution is -2.05. The van der Waals surface area contributed by atoms with Gasteiger partial charge in [-0.05, 0) is 18.6 Å². The fourth-order valence-electron chi connectivity index (χ4n) is 1.91. The van der Waals surface area contributed by atoms with E-state index in [1.165, 1.54) is 0 Å². The molecule has 1 heterocycles. The first-order valence-corrected chi connectivity index (χ1v) is 6.71. The van der Waals surface area contributed by atoms with E-state index in [0.29, 0.717) is 28.8 Å². The van der Waals surface area contributed by atoms with E-state index in [1.54, 1.807) is 30.0 Å². The minimum atomic E-state index is 0.318. The highest BCUT2D eigenvalue weighted by atomic mass is 35.5. The van der Waals surface area contributed by atoms with Gasteiger partial charge in [0.25, 0.3) is 0 Å². The van der Waals surface area contributed by atoms with Crippen molar-refractivity contribution >= 4 is 17.3 Å². The normalized spacial score (nSPS) is 10.6. The van der Waals surface area contributed by atoms with E-state index in [9.17, 15) is 0 Å². The molecule has 5 nitrogen and oxygen atoms in total. The molecule has 2 aromatic rings. The number of ether oxygens (including phenoxy) is 2. The summed E-state index contributed by atoms with van der Waals surface area (Å²) in [5, 5.41) is 5.00. The predicted molar refractivity (Wildman–Crippen MR) is 79.3 cm³/mol. The third kappa shape index (κ3) is 2.82. The summed E-state index contributed by atoms with van der Waals surface area (Å²) in [6, 6.07) is 5.30. The van der Waals surface area contributed by atoms with Gasteiger partial charge in [-0.2, -0.15) is 5.10 Å². The third-order valence-electron chi connectivity index (χ3n) is 3.08. The molecule has 0 unspecified atom stereocenters. The monoisotopic (exact) mass is 295 g/mol. The number of aromatic nitrogens is 2. The maximum atomic E-state index is 6.27. The third-order valence-corrected chi connectivity index (χ3v) is 3.52. The molecule has 20 heavy (non-hydrogen) atoms. The maximum absolute atomic E-state index is 6.27. The summed E-state index contributed by atoms with van der Waals surface area (Å²) in [5.74, 6) is 1.29. The first kappa shape index (κ1) is 14.5. The minimum absolute atomic E-state index is 0.318. The predicted octanol–water partition coefficient (Wildman–Crippen LogP) is 2.81. The Bertz CT molecular complexity index is 611. The van der Waals surface area contributed by atoms with Crippen LogP contribution in [0.2, 0.25) is 5.02 Å². The highest BCUT2D eigenvalue weighted by Crippen LogP contribution is 2.28. The fraction of sp³-hybridized carbons (Fsp3) is 0.357. The zero-order valence-electron chi connectivity index (χ0n) is 11.8. The summed E-state index contributed by atoms with van der Waals surface area (Å²) in [7, 11) is 3.44. The molecule has 2 rings (SSSR count). The highest BCUT2D eigenvalue weighted by Gasteiger charge is 2.14. The summed E-state index contributed by atoms with van der Waals surface area (Å²) in [6.45, 7) is 2.33. The Labute approximate surface area is 123 Å². The molecular formula is C14H18ClN3O2. The van der Waals surface area contributed by atoms with Crippen molar-refractivity contribution in [2.24, 2.45) is 7.05 Å². The van der Waals surface area contributed by atoms with Crippen LogP contribution in [0.3, 0.4) is 0 Å². The minimum Gasteiger partial charge on any atom is -0.497 e. The van der Waals surface area contributed by atoms with Gasteiger partial charge < -0.3 is 15.2 Å². The molecule has 6 heteroatoms. The number of rotatable bonds is 5. The van der Waals surface area contributed by atoms with E-state index < -0.39 is 0 Å². The number of hydrogen-bond acceptors (Lipinski definition) is 4. The second-order valence-corrected chi connectivity index (χ2v) is 4.75. The molecule has 0 aliphatic rings. The largest absolute Gasteiger partial charge is 0.497 e. The van der Waals surface area contributed by atoms with E-state index >= 15 is 0 Å². The second-order valence-electron chi connectivity index (χ2n) is 4.38. The summed E-state index contributed by atoms with van der Waals surface area (Å²) < 4.78 is 12.6. The number of benzene rings is 1. The molecule has 0 aliphatic heterocycles. The van der Waals surface area contributed by atoms with Crippen molar-refractivity contribution < 1.29 is 9.47 Å². The molecule has 0 radical (unpaired) electrons. The first-order valence-electron chi connectivity index (χ1n) is 6.33. The smallest absolute Gasteiger partial charge is 0.143 e. The Morgan fingerprint density at radius 2 is 2.15 bits per heavy atom. The van der Waals surface area contributed by atoms with E-state index in [4.69, 9.17) is 26.8 Å². The van der Waals surface area contributed by atoms with Crippen molar-refractivity contribution in [1.29, 1.82) is 0 Å². The molecule has 108 valence electrons. The molecule has 1 aromatic heterocycles. The lowest BCUT2D eigenvalue weighted by atomic mass is 10.3. The molecule has 0 amide bonds. The van der Waals surface area contributed by atoms with Gasteiger partial charge in [-0.1, -0.05) is 18.5 Å². The van der Waals surface area contributed by atoms with Crippen LogP contribution in [-0.4, -0.2) is 16.9 Å². The van der Waals surface area contributed by atoms with Crippen LogP contribution in [0.1, 0.15) is 18.3 Å². The van der Waals surface area contributed by atoms with Crippen molar-refractivity contribution in [3.63, 3.8) is 0 Å². The maximum Gasteiger partial charge on any atom is 0.143 e. The molecule has 0 saturated carbocycles. The Balaban J connectivity index is 2.15. The van der Waals surface area contributed by atoms with Gasteiger partial charge in [0.15, 0.2) is 0 Å². The van der Waals surface area contributed by atoms with Crippen LogP contribution in [-0.2, 0) is 20.1 Å². The van der Waals surface area contributed by atoms with Crippen molar-refractivity contribution in [1.82, 2.24) is 9.78 Å². The number of hydrogen-bond donors (Lipinski definition) is 1. The average molecular weight is 296 g/mol. The topological polar surface area (TPSA) is 62.3 Å². The number of nitrogens with two attached hydrogens (primary N) is 1. The second kappa shape index (κ2) is 6.05. The van der Waals surface area contributed by atoms with Gasteiger partial charge in [0, 0.05) is 13.1 Å². The zero-order valence-corrected chi connectivity index (χ0v) is 12.6. The van der Waals surface area contributed by atoms with Crippen molar-refractivity contribution in [3.8, 4) is 11.5 Å². The van der Waals surface area contributed by atoms with Gasteiger partial charge in [0.2, 0.25) is 0 Å². The number of methoxy groups -OCH3 is 1. The number of nitrogens with zero attached hydrogens (tertiary/aromatic N) is 2. The van der Waals surface area contributed by atoms with E-state index in [0.717, 1.165) is 17.8 Å². The van der Waals surface area contributed by atoms with E-state index in [-0.39, 0.29) is 0 Å². The Kier molecular flexibility index (Phi) is 4.39. The first-order chi connectivity index (χ1) is 9.56. The molecule has 0 fully saturated rings. The van der Waals surface area contributed by atoms with Gasteiger partial charge in [-0.15, -0.1) is 0 Å². The van der Waals surface area contributed by atoms with E-state index in [2.05, 4.69) is 5.10 Å². The van der Waals surface area contributed by atoms with Gasteiger partial charge in [0.05, 0.1) is 29.2 Å². The summed E-state index contributed by atoms with van der Waals surface area (Å²) >= 11 is 6.27. The van der Waals surface area contributed by atoms with Crippen molar-refractivity contribution in [3.05, 3.63) is 34.6 Å². The quantitative estimate of drug-likeness (QED) is 0.862. The van der Waals surface area contributed by atoms with Crippen LogP contribution in [0.4, 0.5) is 5.69 Å². The lowest BCUT2D eigenvalue weighted by Gasteiger charge is -2.10. The van der Waals surface area contributed by atoms with Crippen LogP contribution in [0, 0.1) is 0 Å². The molecule has 0 saturated heterocycles. The number of halogens is 1. The van der Waals surface area contributed by atoms with Crippen LogP contribution >= 0.6 is 11.6 Å². The summed E-state index contributed by atoms with van der Waals surface area (Å²) in [6.07, 6.45) is 0.789. The van der Waals surface area contributed by atoms with Crippen LogP contribution < -0.4 is 15.2 Å². The lowest BCUT2D eigenvalue weighted by molar-refractivity contribution is 0.296. The molecule has 0 atom stereocenters. The van der Waals surface area contributed by atoms with Gasteiger partial charge in [-0.3, -0.25) is 4.68 Å². The zero-order chi connectivity index (χ0) is 14.7. The number of nitrogen functional groups attached to an aromatic ring is 1. The van der Waals surface area contributed by atoms with Crippen molar-refractivity contribution in [2.75, 3.05) is 12.8 Å². The molecule has 0 bridgehead atoms. The molecule has 2 N–H and O–H groups in total. The van der Waals surface area contributed by atoms with E-state index in [1.807, 2.05) is 14.0 Å². The highest BCUT2D eigenvalue weighted by molar-refractivity contribution is 6.31. The molecular weight excluding hydrogens is 278 g/mol. The van der Waals surface area contributed by atoms with Gasteiger partial charge >= 0.3 is 0 Å². The summed E-state index contributed by atoms with van der Waals surface area (Å²) in [5.41, 5.74) is 8.14.